The van der Waals surface area contributed by atoms with Crippen LogP contribution in [0, 0.1) is 34.5 Å². The van der Waals surface area contributed by atoms with Gasteiger partial charge in [-0.1, -0.05) is 52.4 Å². The van der Waals surface area contributed by atoms with Crippen molar-refractivity contribution >= 4 is 17.6 Å². The van der Waals surface area contributed by atoms with Gasteiger partial charge in [0.25, 0.3) is 0 Å². The summed E-state index contributed by atoms with van der Waals surface area (Å²) in [6.07, 6.45) is 18.7. The van der Waals surface area contributed by atoms with E-state index in [2.05, 4.69) is 22.9 Å². The molecule has 0 aromatic heterocycles. The molecule has 0 spiro atoms. The van der Waals surface area contributed by atoms with E-state index in [0.717, 1.165) is 38.5 Å². The number of rotatable bonds is 4. The van der Waals surface area contributed by atoms with Gasteiger partial charge in [0, 0.05) is 17.8 Å². The molecule has 3 N–H and O–H groups in total. The predicted octanol–water partition coefficient (Wildman–Crippen LogP) is 5.69. The van der Waals surface area contributed by atoms with E-state index in [1.165, 1.54) is 64.2 Å². The molecule has 7 nitrogen and oxygen atoms in total. The number of Topliss-reactive ketones (excluding diaryl/α,β-unsaturated/α-hetero) is 2. The Hall–Kier alpha value is -1.40. The summed E-state index contributed by atoms with van der Waals surface area (Å²) in [5, 5.41) is 30.6. The Balaban J connectivity index is 0.000000191. The lowest BCUT2D eigenvalue weighted by Crippen LogP contribution is -2.62. The summed E-state index contributed by atoms with van der Waals surface area (Å²) in [5.74, 6) is 0.380. The zero-order valence-corrected chi connectivity index (χ0v) is 25.5. The fourth-order valence-corrected chi connectivity index (χ4v) is 10.3. The fraction of sp³-hybridized carbons (Fsp3) is 0.912. The van der Waals surface area contributed by atoms with Crippen LogP contribution in [0.2, 0.25) is 0 Å². The predicted molar refractivity (Wildman–Crippen MR) is 159 cm³/mol. The maximum atomic E-state index is 13.4. The number of aliphatic imine (C=N–C) groups is 2. The number of fused-ring (bicyclic) bond motifs is 5. The Morgan fingerprint density at radius 3 is 2.07 bits per heavy atom. The van der Waals surface area contributed by atoms with E-state index in [0.29, 0.717) is 24.4 Å². The molecule has 8 atom stereocenters. The smallest absolute Gasteiger partial charge is 0.190 e. The van der Waals surface area contributed by atoms with E-state index < -0.39 is 23.4 Å². The molecule has 6 aliphatic carbocycles. The van der Waals surface area contributed by atoms with Crippen LogP contribution in [0.4, 0.5) is 0 Å². The highest BCUT2D eigenvalue weighted by molar-refractivity contribution is 5.92. The van der Waals surface area contributed by atoms with Crippen LogP contribution in [0.5, 0.6) is 0 Å². The molecule has 0 aliphatic heterocycles. The summed E-state index contributed by atoms with van der Waals surface area (Å²) < 4.78 is 0. The largest absolute Gasteiger partial charge is 0.393 e. The first-order valence-electron chi connectivity index (χ1n) is 16.8. The van der Waals surface area contributed by atoms with Crippen molar-refractivity contribution in [3.05, 3.63) is 0 Å². The summed E-state index contributed by atoms with van der Waals surface area (Å²) in [6.45, 7) is 3.46. The number of carbonyl (C=O) groups is 2. The van der Waals surface area contributed by atoms with Crippen molar-refractivity contribution in [1.29, 1.82) is 0 Å². The van der Waals surface area contributed by atoms with Gasteiger partial charge in [0.05, 0.1) is 24.2 Å². The van der Waals surface area contributed by atoms with Gasteiger partial charge < -0.3 is 15.3 Å². The summed E-state index contributed by atoms with van der Waals surface area (Å²) in [6, 6.07) is 4.04. The van der Waals surface area contributed by atoms with Crippen molar-refractivity contribution in [1.82, 2.24) is 0 Å². The van der Waals surface area contributed by atoms with Crippen molar-refractivity contribution in [2.24, 2.45) is 44.5 Å². The Bertz CT molecular complexity index is 991. The van der Waals surface area contributed by atoms with E-state index in [1.54, 1.807) is 0 Å². The van der Waals surface area contributed by atoms with E-state index in [9.17, 15) is 24.9 Å². The molecule has 0 aromatic rings. The minimum absolute atomic E-state index is 0.0154. The molecular formula is C34H54N2O5. The average Bonchev–Trinajstić information content (AvgIpc) is 3.25. The summed E-state index contributed by atoms with van der Waals surface area (Å²) in [5.41, 5.74) is -2.40. The number of aliphatic hydroxyl groups is 3. The zero-order chi connectivity index (χ0) is 29.3. The summed E-state index contributed by atoms with van der Waals surface area (Å²) >= 11 is 0. The Kier molecular flexibility index (Phi) is 9.60. The molecule has 0 radical (unpaired) electrons. The van der Waals surface area contributed by atoms with Crippen LogP contribution in [-0.2, 0) is 9.59 Å². The van der Waals surface area contributed by atoms with Crippen molar-refractivity contribution in [3.8, 4) is 0 Å². The third-order valence-corrected chi connectivity index (χ3v) is 12.7. The highest BCUT2D eigenvalue weighted by Crippen LogP contribution is 2.67. The Labute approximate surface area is 246 Å². The highest BCUT2D eigenvalue weighted by Gasteiger charge is 2.68. The molecule has 6 saturated carbocycles. The van der Waals surface area contributed by atoms with Crippen molar-refractivity contribution in [2.45, 2.75) is 153 Å². The van der Waals surface area contributed by atoms with Crippen LogP contribution in [0.1, 0.15) is 129 Å². The number of aliphatic hydroxyl groups excluding tert-OH is 2. The van der Waals surface area contributed by atoms with Gasteiger partial charge in [-0.3, -0.25) is 9.59 Å². The lowest BCUT2D eigenvalue weighted by atomic mass is 9.44. The minimum Gasteiger partial charge on any atom is -0.393 e. The van der Waals surface area contributed by atoms with Gasteiger partial charge in [-0.05, 0) is 93.8 Å². The maximum Gasteiger partial charge on any atom is 0.190 e. The van der Waals surface area contributed by atoms with Gasteiger partial charge >= 0.3 is 0 Å². The van der Waals surface area contributed by atoms with Gasteiger partial charge in [-0.2, -0.15) is 0 Å². The quantitative estimate of drug-likeness (QED) is 0.375. The third kappa shape index (κ3) is 5.90. The van der Waals surface area contributed by atoms with E-state index in [-0.39, 0.29) is 41.5 Å². The summed E-state index contributed by atoms with van der Waals surface area (Å²) in [7, 11) is 0. The van der Waals surface area contributed by atoms with Crippen molar-refractivity contribution in [2.75, 3.05) is 6.61 Å². The molecule has 7 heteroatoms. The van der Waals surface area contributed by atoms with Crippen LogP contribution in [0.3, 0.4) is 0 Å². The van der Waals surface area contributed by atoms with Gasteiger partial charge in [-0.15, -0.1) is 0 Å². The molecular weight excluding hydrogens is 516 g/mol. The number of hydrogen-bond acceptors (Lipinski definition) is 7. The Morgan fingerprint density at radius 1 is 0.878 bits per heavy atom. The average molecular weight is 571 g/mol. The molecule has 0 amide bonds. The van der Waals surface area contributed by atoms with Crippen molar-refractivity contribution in [3.63, 3.8) is 0 Å². The van der Waals surface area contributed by atoms with Crippen LogP contribution >= 0.6 is 0 Å². The van der Waals surface area contributed by atoms with Gasteiger partial charge in [0.15, 0.2) is 5.78 Å². The molecule has 0 bridgehead atoms. The third-order valence-electron chi connectivity index (χ3n) is 12.7. The van der Waals surface area contributed by atoms with Crippen LogP contribution in [0.25, 0.3) is 0 Å². The maximum absolute atomic E-state index is 13.4. The van der Waals surface area contributed by atoms with Gasteiger partial charge in [0.2, 0.25) is 0 Å². The topological polar surface area (TPSA) is 120 Å². The normalized spacial score (nSPS) is 43.0. The Morgan fingerprint density at radius 2 is 1.49 bits per heavy atom. The molecule has 230 valence electrons. The van der Waals surface area contributed by atoms with Gasteiger partial charge in [-0.25, -0.2) is 9.98 Å². The van der Waals surface area contributed by atoms with Crippen LogP contribution < -0.4 is 0 Å². The second-order valence-electron chi connectivity index (χ2n) is 14.9. The number of ketones is 2. The van der Waals surface area contributed by atoms with E-state index in [1.807, 2.05) is 6.92 Å². The standard InChI is InChI=1S/C21H32O5.C13H22N2/c1-19-7-5-13(23)9-12(19)3-4-14-15-6-8-21(26,17(25)11-22)20(15,2)10-16(24)18(14)19;1-3-7-12(8-4-1)14-11-15-13-9-5-2-6-10-13/h12-15,18,22-23,26H,3-11H2,1-2H3;12-13H,1-10H2/t12-,13-,14+,15+,18-,19+,20+,21+;/m1./s1. The molecule has 0 aromatic carbocycles. The molecule has 6 fully saturated rings. The van der Waals surface area contributed by atoms with E-state index >= 15 is 0 Å². The SMILES string of the molecule is C(=NC1CCCCC1)=NC1CCCCC1.C[C@]12CC[C@@H](O)C[C@H]1CC[C@@H]1[C@@H]2C(=O)C[C@@]2(C)[C@H]1CC[C@]2(O)C(=O)CO. The molecule has 0 saturated heterocycles. The number of nitrogens with zero attached hydrogens (tertiary/aromatic N) is 2. The first kappa shape index (κ1) is 31.0. The van der Waals surface area contributed by atoms with Crippen LogP contribution in [0.15, 0.2) is 9.98 Å². The zero-order valence-electron chi connectivity index (χ0n) is 25.5. The first-order chi connectivity index (χ1) is 19.6. The molecule has 41 heavy (non-hydrogen) atoms. The lowest BCUT2D eigenvalue weighted by molar-refractivity contribution is -0.180. The number of carbonyl (C=O) groups excluding carboxylic acids is 2. The van der Waals surface area contributed by atoms with Crippen molar-refractivity contribution < 1.29 is 24.9 Å². The molecule has 6 aliphatic rings. The highest BCUT2D eigenvalue weighted by atomic mass is 16.3. The molecule has 0 unspecified atom stereocenters. The van der Waals surface area contributed by atoms with Crippen LogP contribution in [-0.4, -0.2) is 63.3 Å². The molecule has 0 heterocycles. The summed E-state index contributed by atoms with van der Waals surface area (Å²) in [4.78, 5) is 34.6. The minimum atomic E-state index is -1.58. The fourth-order valence-electron chi connectivity index (χ4n) is 10.3. The first-order valence-corrected chi connectivity index (χ1v) is 16.8. The van der Waals surface area contributed by atoms with E-state index in [4.69, 9.17) is 0 Å². The number of hydrogen-bond donors (Lipinski definition) is 3. The lowest BCUT2D eigenvalue weighted by Gasteiger charge is -2.60. The monoisotopic (exact) mass is 570 g/mol. The molecule has 6 rings (SSSR count). The van der Waals surface area contributed by atoms with Gasteiger partial charge in [0.1, 0.15) is 18.0 Å². The second-order valence-corrected chi connectivity index (χ2v) is 14.9. The second kappa shape index (κ2) is 12.7.